The van der Waals surface area contributed by atoms with Crippen molar-refractivity contribution in [1.29, 1.82) is 0 Å². The van der Waals surface area contributed by atoms with Crippen LogP contribution >= 0.6 is 0 Å². The van der Waals surface area contributed by atoms with Gasteiger partial charge in [0, 0.05) is 18.1 Å². The number of phenols is 1. The van der Waals surface area contributed by atoms with Crippen LogP contribution < -0.4 is 14.3 Å². The van der Waals surface area contributed by atoms with E-state index in [2.05, 4.69) is 0 Å². The van der Waals surface area contributed by atoms with Crippen molar-refractivity contribution in [3.05, 3.63) is 17.7 Å². The lowest BCUT2D eigenvalue weighted by Crippen LogP contribution is -2.56. The van der Waals surface area contributed by atoms with E-state index in [0.717, 1.165) is 11.3 Å². The minimum atomic E-state index is -1.08. The van der Waals surface area contributed by atoms with E-state index < -0.39 is 12.0 Å². The third-order valence-corrected chi connectivity index (χ3v) is 3.47. The Morgan fingerprint density at radius 2 is 2.18 bits per heavy atom. The van der Waals surface area contributed by atoms with E-state index in [4.69, 9.17) is 4.74 Å². The van der Waals surface area contributed by atoms with E-state index in [1.54, 1.807) is 26.2 Å². The number of carboxylic acid groups (broad SMARTS) is 1. The molecule has 1 aliphatic rings. The van der Waals surface area contributed by atoms with Crippen molar-refractivity contribution >= 4 is 11.7 Å². The van der Waals surface area contributed by atoms with Gasteiger partial charge in [0.1, 0.15) is 17.7 Å². The molecule has 1 aromatic carbocycles. The first-order chi connectivity index (χ1) is 7.87. The van der Waals surface area contributed by atoms with Gasteiger partial charge in [-0.2, -0.15) is 0 Å². The highest BCUT2D eigenvalue weighted by molar-refractivity contribution is 5.79. The van der Waals surface area contributed by atoms with Crippen LogP contribution in [0.4, 0.5) is 5.69 Å². The van der Waals surface area contributed by atoms with Crippen molar-refractivity contribution in [3.8, 4) is 11.5 Å². The second-order valence-electron chi connectivity index (χ2n) is 4.73. The number of fused-ring (bicyclic) bond motifs is 1. The monoisotopic (exact) mass is 237 g/mol. The van der Waals surface area contributed by atoms with Gasteiger partial charge >= 0.3 is 0 Å². The summed E-state index contributed by atoms with van der Waals surface area (Å²) >= 11 is 0. The van der Waals surface area contributed by atoms with Gasteiger partial charge in [-0.25, -0.2) is 0 Å². The molecule has 1 heterocycles. The van der Waals surface area contributed by atoms with Crippen molar-refractivity contribution in [1.82, 2.24) is 4.48 Å². The van der Waals surface area contributed by atoms with Crippen LogP contribution in [0.3, 0.4) is 0 Å². The normalized spacial score (nSPS) is 21.0. The van der Waals surface area contributed by atoms with Crippen LogP contribution in [-0.2, 0) is 11.2 Å². The molecule has 0 bridgehead atoms. The first kappa shape index (κ1) is 11.7. The molecule has 5 heteroatoms. The number of hydrogen-bond acceptors (Lipinski definition) is 4. The highest BCUT2D eigenvalue weighted by Crippen LogP contribution is 2.42. The van der Waals surface area contributed by atoms with Gasteiger partial charge in [0.15, 0.2) is 11.5 Å². The number of benzene rings is 1. The highest BCUT2D eigenvalue weighted by Gasteiger charge is 2.41. The third-order valence-electron chi connectivity index (χ3n) is 3.47. The number of aliphatic carboxylic acids is 1. The zero-order valence-corrected chi connectivity index (χ0v) is 10.1. The fourth-order valence-electron chi connectivity index (χ4n) is 2.41. The second kappa shape index (κ2) is 3.63. The lowest BCUT2D eigenvalue weighted by molar-refractivity contribution is -0.310. The van der Waals surface area contributed by atoms with Crippen molar-refractivity contribution in [2.75, 3.05) is 21.2 Å². The Kier molecular flexibility index (Phi) is 2.50. The van der Waals surface area contributed by atoms with Crippen molar-refractivity contribution in [3.63, 3.8) is 0 Å². The van der Waals surface area contributed by atoms with Crippen LogP contribution in [0.5, 0.6) is 11.5 Å². The average molecular weight is 237 g/mol. The number of likely N-dealkylation sites (N-methyl/N-ethyl adjacent to an activating group) is 1. The zero-order chi connectivity index (χ0) is 12.8. The summed E-state index contributed by atoms with van der Waals surface area (Å²) in [4.78, 5) is 11.1. The number of carboxylic acids is 1. The summed E-state index contributed by atoms with van der Waals surface area (Å²) in [5.74, 6) is -0.691. The van der Waals surface area contributed by atoms with Gasteiger partial charge in [-0.3, -0.25) is 4.48 Å². The molecule has 1 aromatic rings. The number of rotatable bonds is 2. The predicted octanol–water partition coefficient (Wildman–Crippen LogP) is -0.358. The summed E-state index contributed by atoms with van der Waals surface area (Å²) in [7, 11) is 5.04. The quantitative estimate of drug-likeness (QED) is 0.713. The molecule has 1 atom stereocenters. The second-order valence-corrected chi connectivity index (χ2v) is 4.73. The fraction of sp³-hybridized carbons (Fsp3) is 0.417. The number of ether oxygens (including phenoxy) is 1. The van der Waals surface area contributed by atoms with E-state index in [0.29, 0.717) is 12.2 Å². The van der Waals surface area contributed by atoms with Crippen molar-refractivity contribution < 1.29 is 19.7 Å². The Balaban J connectivity index is 2.54. The number of carbonyl (C=O) groups excluding carboxylic acids is 1. The Bertz CT molecular complexity index is 482. The molecule has 0 unspecified atom stereocenters. The van der Waals surface area contributed by atoms with Crippen LogP contribution in [0.1, 0.15) is 5.56 Å². The number of quaternary nitrogens is 1. The molecular weight excluding hydrogens is 222 g/mol. The highest BCUT2D eigenvalue weighted by atomic mass is 16.5. The summed E-state index contributed by atoms with van der Waals surface area (Å²) in [6.07, 6.45) is 0.390. The van der Waals surface area contributed by atoms with Crippen LogP contribution in [0.15, 0.2) is 12.1 Å². The van der Waals surface area contributed by atoms with E-state index in [1.165, 1.54) is 7.11 Å². The van der Waals surface area contributed by atoms with E-state index in [1.807, 2.05) is 0 Å². The summed E-state index contributed by atoms with van der Waals surface area (Å²) in [6.45, 7) is 0. The van der Waals surface area contributed by atoms with Gasteiger partial charge in [-0.1, -0.05) is 0 Å². The molecule has 1 aliphatic heterocycles. The Labute approximate surface area is 99.4 Å². The molecule has 5 nitrogen and oxygen atoms in total. The molecule has 0 spiro atoms. The van der Waals surface area contributed by atoms with Gasteiger partial charge in [0.2, 0.25) is 0 Å². The standard InChI is InChI=1S/C12H15NO4/c1-13(2)8-6-10(14)11(17-3)5-7(8)4-9(13)12(15)16/h5-6,9H,4H2,1-3H3,(H-,14,15,16)/t9-/m0/s1. The van der Waals surface area contributed by atoms with E-state index >= 15 is 0 Å². The molecule has 92 valence electrons. The molecule has 0 fully saturated rings. The molecule has 0 aliphatic carbocycles. The summed E-state index contributed by atoms with van der Waals surface area (Å²) < 4.78 is 5.19. The molecule has 1 N–H and O–H groups in total. The van der Waals surface area contributed by atoms with Gasteiger partial charge < -0.3 is 19.7 Å². The lowest BCUT2D eigenvalue weighted by atomic mass is 10.1. The van der Waals surface area contributed by atoms with E-state index in [-0.39, 0.29) is 10.2 Å². The maximum atomic E-state index is 11.1. The summed E-state index contributed by atoms with van der Waals surface area (Å²) in [5.41, 5.74) is 1.66. The molecular formula is C12H15NO4. The number of phenolic OH excluding ortho intramolecular Hbond substituents is 1. The minimum Gasteiger partial charge on any atom is -0.544 e. The Hall–Kier alpha value is -1.75. The van der Waals surface area contributed by atoms with Crippen LogP contribution in [0.25, 0.3) is 0 Å². The molecule has 0 radical (unpaired) electrons. The third kappa shape index (κ3) is 1.63. The van der Waals surface area contributed by atoms with Crippen LogP contribution in [0.2, 0.25) is 0 Å². The SMILES string of the molecule is COc1cc2c(cc1O)[N+](C)(C)[C@H](C(=O)[O-])C2. The van der Waals surface area contributed by atoms with Gasteiger partial charge in [0.05, 0.1) is 21.2 Å². The molecule has 17 heavy (non-hydrogen) atoms. The molecule has 2 rings (SSSR count). The first-order valence-electron chi connectivity index (χ1n) is 5.33. The number of carbonyl (C=O) groups is 1. The number of hydrogen-bond donors (Lipinski definition) is 1. The first-order valence-corrected chi connectivity index (χ1v) is 5.33. The fourth-order valence-corrected chi connectivity index (χ4v) is 2.41. The number of nitrogens with zero attached hydrogens (tertiary/aromatic N) is 1. The topological polar surface area (TPSA) is 69.6 Å². The molecule has 0 aromatic heterocycles. The molecule has 0 saturated heterocycles. The largest absolute Gasteiger partial charge is 0.544 e. The molecule has 0 saturated carbocycles. The minimum absolute atomic E-state index is 0.0245. The lowest BCUT2D eigenvalue weighted by Gasteiger charge is -2.32. The van der Waals surface area contributed by atoms with Crippen molar-refractivity contribution in [2.45, 2.75) is 12.5 Å². The van der Waals surface area contributed by atoms with Gasteiger partial charge in [-0.05, 0) is 6.07 Å². The Morgan fingerprint density at radius 1 is 1.53 bits per heavy atom. The van der Waals surface area contributed by atoms with Crippen LogP contribution in [0, 0.1) is 0 Å². The van der Waals surface area contributed by atoms with E-state index in [9.17, 15) is 15.0 Å². The predicted molar refractivity (Wildman–Crippen MR) is 60.8 cm³/mol. The zero-order valence-electron chi connectivity index (χ0n) is 10.1. The van der Waals surface area contributed by atoms with Gasteiger partial charge in [-0.15, -0.1) is 0 Å². The van der Waals surface area contributed by atoms with Crippen LogP contribution in [-0.4, -0.2) is 38.3 Å². The average Bonchev–Trinajstić information content (AvgIpc) is 2.50. The van der Waals surface area contributed by atoms with Gasteiger partial charge in [0.25, 0.3) is 0 Å². The summed E-state index contributed by atoms with van der Waals surface area (Å²) in [6, 6.07) is 2.63. The number of methoxy groups -OCH3 is 1. The summed E-state index contributed by atoms with van der Waals surface area (Å²) in [5, 5.41) is 20.8. The molecule has 0 amide bonds. The maximum Gasteiger partial charge on any atom is 0.163 e. The number of aromatic hydroxyl groups is 1. The van der Waals surface area contributed by atoms with Crippen molar-refractivity contribution in [2.24, 2.45) is 0 Å². The maximum absolute atomic E-state index is 11.1. The Morgan fingerprint density at radius 3 is 2.71 bits per heavy atom. The smallest absolute Gasteiger partial charge is 0.163 e.